The molecule has 0 fully saturated rings. The van der Waals surface area contributed by atoms with Gasteiger partial charge < -0.3 is 10.4 Å². The second-order valence-corrected chi connectivity index (χ2v) is 7.01. The molecule has 0 atom stereocenters. The highest BCUT2D eigenvalue weighted by Gasteiger charge is 2.14. The van der Waals surface area contributed by atoms with E-state index >= 15 is 0 Å². The zero-order chi connectivity index (χ0) is 19.5. The third kappa shape index (κ3) is 3.38. The van der Waals surface area contributed by atoms with Gasteiger partial charge in [0.15, 0.2) is 5.65 Å². The van der Waals surface area contributed by atoms with Crippen LogP contribution >= 0.6 is 11.8 Å². The number of fused-ring (bicyclic) bond motifs is 1. The Morgan fingerprint density at radius 2 is 2.04 bits per heavy atom. The number of para-hydroxylation sites is 1. The van der Waals surface area contributed by atoms with Crippen molar-refractivity contribution in [1.29, 1.82) is 5.26 Å². The van der Waals surface area contributed by atoms with Gasteiger partial charge in [-0.1, -0.05) is 24.3 Å². The van der Waals surface area contributed by atoms with Crippen LogP contribution in [0.25, 0.3) is 16.9 Å². The Labute approximate surface area is 166 Å². The molecule has 0 amide bonds. The number of thioether (sulfide) groups is 1. The zero-order valence-electron chi connectivity index (χ0n) is 15.1. The van der Waals surface area contributed by atoms with Crippen molar-refractivity contribution in [3.63, 3.8) is 0 Å². The van der Waals surface area contributed by atoms with Crippen LogP contribution in [0.15, 0.2) is 65.7 Å². The SMILES string of the molecule is CSc1cnn2c(NCc3cccc(C#N)c3)cc(-c3ccccc3O)nc12. The van der Waals surface area contributed by atoms with Gasteiger partial charge in [0.1, 0.15) is 11.6 Å². The minimum atomic E-state index is 0.178. The summed E-state index contributed by atoms with van der Waals surface area (Å²) in [7, 11) is 0. The van der Waals surface area contributed by atoms with Crippen molar-refractivity contribution >= 4 is 23.2 Å². The van der Waals surface area contributed by atoms with Crippen molar-refractivity contribution in [3.8, 4) is 23.1 Å². The van der Waals surface area contributed by atoms with E-state index in [0.717, 1.165) is 21.9 Å². The number of nitrogens with zero attached hydrogens (tertiary/aromatic N) is 4. The number of phenols is 1. The first-order chi connectivity index (χ1) is 13.7. The molecule has 2 aromatic carbocycles. The normalized spacial score (nSPS) is 10.7. The molecule has 2 aromatic heterocycles. The average Bonchev–Trinajstić information content (AvgIpc) is 3.15. The lowest BCUT2D eigenvalue weighted by atomic mass is 10.1. The number of nitrogens with one attached hydrogen (secondary N) is 1. The Bertz CT molecular complexity index is 1200. The lowest BCUT2D eigenvalue weighted by Crippen LogP contribution is -2.07. The molecular formula is C21H17N5OS. The molecule has 0 unspecified atom stereocenters. The number of phenolic OH excluding ortho intramolecular Hbond substituents is 1. The molecule has 0 aliphatic carbocycles. The summed E-state index contributed by atoms with van der Waals surface area (Å²) in [6.07, 6.45) is 3.76. The summed E-state index contributed by atoms with van der Waals surface area (Å²) >= 11 is 1.57. The molecule has 0 radical (unpaired) electrons. The van der Waals surface area contributed by atoms with E-state index in [9.17, 15) is 5.11 Å². The predicted molar refractivity (Wildman–Crippen MR) is 110 cm³/mol. The second-order valence-electron chi connectivity index (χ2n) is 6.16. The molecule has 138 valence electrons. The number of hydrogen-bond acceptors (Lipinski definition) is 6. The van der Waals surface area contributed by atoms with Gasteiger partial charge in [-0.25, -0.2) is 4.98 Å². The number of aromatic hydroxyl groups is 1. The fourth-order valence-electron chi connectivity index (χ4n) is 2.98. The molecule has 28 heavy (non-hydrogen) atoms. The summed E-state index contributed by atoms with van der Waals surface area (Å²) in [6, 6.07) is 18.6. The number of rotatable bonds is 5. The first kappa shape index (κ1) is 17.9. The van der Waals surface area contributed by atoms with Crippen LogP contribution in [0.5, 0.6) is 5.75 Å². The third-order valence-corrected chi connectivity index (χ3v) is 5.10. The molecule has 0 spiro atoms. The molecule has 0 bridgehead atoms. The third-order valence-electron chi connectivity index (χ3n) is 4.37. The van der Waals surface area contributed by atoms with Crippen molar-refractivity contribution in [2.75, 3.05) is 11.6 Å². The topological polar surface area (TPSA) is 86.2 Å². The molecule has 0 aliphatic rings. The summed E-state index contributed by atoms with van der Waals surface area (Å²) in [4.78, 5) is 5.67. The zero-order valence-corrected chi connectivity index (χ0v) is 15.9. The van der Waals surface area contributed by atoms with E-state index in [2.05, 4.69) is 16.5 Å². The van der Waals surface area contributed by atoms with Gasteiger partial charge in [-0.05, 0) is 36.1 Å². The van der Waals surface area contributed by atoms with Crippen molar-refractivity contribution < 1.29 is 5.11 Å². The predicted octanol–water partition coefficient (Wildman–Crippen LogP) is 4.31. The van der Waals surface area contributed by atoms with Gasteiger partial charge in [-0.15, -0.1) is 11.8 Å². The Balaban J connectivity index is 1.77. The van der Waals surface area contributed by atoms with Crippen molar-refractivity contribution in [3.05, 3.63) is 71.9 Å². The molecule has 0 aliphatic heterocycles. The molecule has 0 saturated carbocycles. The number of anilines is 1. The quantitative estimate of drug-likeness (QED) is 0.496. The van der Waals surface area contributed by atoms with Crippen LogP contribution in [-0.2, 0) is 6.54 Å². The van der Waals surface area contributed by atoms with Crippen LogP contribution in [0.3, 0.4) is 0 Å². The van der Waals surface area contributed by atoms with E-state index < -0.39 is 0 Å². The molecule has 6 nitrogen and oxygen atoms in total. The summed E-state index contributed by atoms with van der Waals surface area (Å²) in [6.45, 7) is 0.531. The number of hydrogen-bond donors (Lipinski definition) is 2. The molecule has 4 rings (SSSR count). The van der Waals surface area contributed by atoms with Crippen LogP contribution in [0.1, 0.15) is 11.1 Å². The highest BCUT2D eigenvalue weighted by molar-refractivity contribution is 7.98. The molecule has 7 heteroatoms. The van der Waals surface area contributed by atoms with Crippen LogP contribution in [0.2, 0.25) is 0 Å². The van der Waals surface area contributed by atoms with Crippen molar-refractivity contribution in [1.82, 2.24) is 14.6 Å². The monoisotopic (exact) mass is 387 g/mol. The molecule has 2 heterocycles. The van der Waals surface area contributed by atoms with Crippen molar-refractivity contribution in [2.45, 2.75) is 11.4 Å². The average molecular weight is 387 g/mol. The minimum Gasteiger partial charge on any atom is -0.507 e. The van der Waals surface area contributed by atoms with Crippen LogP contribution in [0, 0.1) is 11.3 Å². The van der Waals surface area contributed by atoms with E-state index in [1.54, 1.807) is 40.7 Å². The maximum Gasteiger partial charge on any atom is 0.171 e. The minimum absolute atomic E-state index is 0.178. The van der Waals surface area contributed by atoms with Gasteiger partial charge in [0.2, 0.25) is 0 Å². The maximum absolute atomic E-state index is 10.3. The molecule has 0 saturated heterocycles. The van der Waals surface area contributed by atoms with E-state index in [-0.39, 0.29) is 5.75 Å². The van der Waals surface area contributed by atoms with Gasteiger partial charge in [-0.3, -0.25) is 0 Å². The lowest BCUT2D eigenvalue weighted by molar-refractivity contribution is 0.477. The second kappa shape index (κ2) is 7.62. The highest BCUT2D eigenvalue weighted by Crippen LogP contribution is 2.31. The summed E-state index contributed by atoms with van der Waals surface area (Å²) in [5.74, 6) is 0.933. The summed E-state index contributed by atoms with van der Waals surface area (Å²) in [5, 5.41) is 27.2. The van der Waals surface area contributed by atoms with E-state index in [1.165, 1.54) is 0 Å². The lowest BCUT2D eigenvalue weighted by Gasteiger charge is -2.12. The van der Waals surface area contributed by atoms with E-state index in [0.29, 0.717) is 23.4 Å². The highest BCUT2D eigenvalue weighted by atomic mass is 32.2. The summed E-state index contributed by atoms with van der Waals surface area (Å²) < 4.78 is 1.75. The van der Waals surface area contributed by atoms with Gasteiger partial charge >= 0.3 is 0 Å². The van der Waals surface area contributed by atoms with Gasteiger partial charge in [-0.2, -0.15) is 14.9 Å². The van der Waals surface area contributed by atoms with E-state index in [1.807, 2.05) is 42.7 Å². The number of benzene rings is 2. The first-order valence-corrected chi connectivity index (χ1v) is 9.86. The van der Waals surface area contributed by atoms with Crippen LogP contribution in [-0.4, -0.2) is 26.0 Å². The molecule has 4 aromatic rings. The molecule has 2 N–H and O–H groups in total. The summed E-state index contributed by atoms with van der Waals surface area (Å²) in [5.41, 5.74) is 3.66. The number of aromatic nitrogens is 3. The largest absolute Gasteiger partial charge is 0.507 e. The maximum atomic E-state index is 10.3. The first-order valence-electron chi connectivity index (χ1n) is 8.63. The fraction of sp³-hybridized carbons (Fsp3) is 0.0952. The van der Waals surface area contributed by atoms with E-state index in [4.69, 9.17) is 10.2 Å². The van der Waals surface area contributed by atoms with Gasteiger partial charge in [0.05, 0.1) is 28.4 Å². The Hall–Kier alpha value is -3.50. The Morgan fingerprint density at radius 3 is 2.82 bits per heavy atom. The van der Waals surface area contributed by atoms with Crippen LogP contribution in [0.4, 0.5) is 5.82 Å². The van der Waals surface area contributed by atoms with Gasteiger partial charge in [0, 0.05) is 18.2 Å². The fourth-order valence-corrected chi connectivity index (χ4v) is 3.45. The molecular weight excluding hydrogens is 370 g/mol. The van der Waals surface area contributed by atoms with Crippen LogP contribution < -0.4 is 5.32 Å². The van der Waals surface area contributed by atoms with Crippen molar-refractivity contribution in [2.24, 2.45) is 0 Å². The van der Waals surface area contributed by atoms with Gasteiger partial charge in [0.25, 0.3) is 0 Å². The Morgan fingerprint density at radius 1 is 1.18 bits per heavy atom. The Kier molecular flexibility index (Phi) is 4.87. The smallest absolute Gasteiger partial charge is 0.171 e. The standard InChI is InChI=1S/C21H17N5OS/c1-28-19-13-24-26-20(23-12-15-6-4-5-14(9-15)11-22)10-17(25-21(19)26)16-7-2-3-8-18(16)27/h2-10,13,23,27H,12H2,1H3. The number of nitriles is 1.